The number of carbonyl (C=O) groups excluding carboxylic acids is 1. The summed E-state index contributed by atoms with van der Waals surface area (Å²) in [5.41, 5.74) is 0. The molecule has 0 fully saturated rings. The van der Waals surface area contributed by atoms with Gasteiger partial charge in [-0.15, -0.1) is 0 Å². The molecule has 0 heterocycles. The van der Waals surface area contributed by atoms with Gasteiger partial charge in [-0.05, 0) is 18.8 Å². The number of hydrogen-bond acceptors (Lipinski definition) is 2. The summed E-state index contributed by atoms with van der Waals surface area (Å²) in [6.07, 6.45) is 27.8. The van der Waals surface area contributed by atoms with Gasteiger partial charge < -0.3 is 9.90 Å². The van der Waals surface area contributed by atoms with Crippen molar-refractivity contribution in [1.82, 2.24) is 0 Å². The molecule has 0 unspecified atom stereocenters. The standard InChI is InChI=1S/C26H52O2/c1-3-5-7-9-11-13-15-17-19-21-23-25(26(27)28)24-22-20-18-16-14-12-10-8-6-4-2/h25H,3-24H2,1-2H3,(H,27,28)/p-1. The van der Waals surface area contributed by atoms with Gasteiger partial charge in [0.15, 0.2) is 0 Å². The van der Waals surface area contributed by atoms with Crippen molar-refractivity contribution in [2.75, 3.05) is 0 Å². The molecule has 28 heavy (non-hydrogen) atoms. The Morgan fingerprint density at radius 1 is 0.500 bits per heavy atom. The van der Waals surface area contributed by atoms with Crippen molar-refractivity contribution in [2.45, 2.75) is 155 Å². The van der Waals surface area contributed by atoms with Crippen LogP contribution in [0, 0.1) is 5.92 Å². The van der Waals surface area contributed by atoms with Crippen molar-refractivity contribution in [2.24, 2.45) is 5.92 Å². The molecule has 0 aromatic rings. The number of carboxylic acids is 1. The zero-order valence-electron chi connectivity index (χ0n) is 19.5. The summed E-state index contributed by atoms with van der Waals surface area (Å²) >= 11 is 0. The lowest BCUT2D eigenvalue weighted by molar-refractivity contribution is -0.312. The van der Waals surface area contributed by atoms with Crippen molar-refractivity contribution in [3.8, 4) is 0 Å². The molecule has 0 saturated heterocycles. The van der Waals surface area contributed by atoms with Crippen LogP contribution in [-0.2, 0) is 4.79 Å². The molecule has 0 bridgehead atoms. The Morgan fingerprint density at radius 3 is 1.00 bits per heavy atom. The minimum Gasteiger partial charge on any atom is -0.550 e. The van der Waals surface area contributed by atoms with E-state index in [1.54, 1.807) is 0 Å². The van der Waals surface area contributed by atoms with Crippen LogP contribution in [0.15, 0.2) is 0 Å². The van der Waals surface area contributed by atoms with Crippen LogP contribution < -0.4 is 5.11 Å². The maximum atomic E-state index is 11.4. The molecule has 0 N–H and O–H groups in total. The van der Waals surface area contributed by atoms with Crippen molar-refractivity contribution >= 4 is 5.97 Å². The van der Waals surface area contributed by atoms with Crippen LogP contribution in [0.25, 0.3) is 0 Å². The maximum absolute atomic E-state index is 11.4. The Morgan fingerprint density at radius 2 is 0.750 bits per heavy atom. The second-order valence-corrected chi connectivity index (χ2v) is 8.96. The van der Waals surface area contributed by atoms with Crippen LogP contribution >= 0.6 is 0 Å². The van der Waals surface area contributed by atoms with Crippen molar-refractivity contribution in [3.63, 3.8) is 0 Å². The first-order chi connectivity index (χ1) is 13.7. The Kier molecular flexibility index (Phi) is 22.3. The quantitative estimate of drug-likeness (QED) is 0.164. The van der Waals surface area contributed by atoms with E-state index >= 15 is 0 Å². The fourth-order valence-electron chi connectivity index (χ4n) is 4.14. The summed E-state index contributed by atoms with van der Waals surface area (Å²) in [7, 11) is 0. The lowest BCUT2D eigenvalue weighted by Gasteiger charge is -2.17. The normalized spacial score (nSPS) is 11.4. The number of aliphatic carboxylic acids is 1. The number of carboxylic acid groups (broad SMARTS) is 1. The lowest BCUT2D eigenvalue weighted by Crippen LogP contribution is -2.31. The predicted octanol–water partition coefficient (Wildman–Crippen LogP) is 7.97. The predicted molar refractivity (Wildman–Crippen MR) is 121 cm³/mol. The fourth-order valence-corrected chi connectivity index (χ4v) is 4.14. The first kappa shape index (κ1) is 27.5. The highest BCUT2D eigenvalue weighted by Gasteiger charge is 2.09. The van der Waals surface area contributed by atoms with Crippen LogP contribution in [0.3, 0.4) is 0 Å². The molecule has 0 aromatic heterocycles. The minimum absolute atomic E-state index is 0.205. The Hall–Kier alpha value is -0.530. The first-order valence-corrected chi connectivity index (χ1v) is 12.9. The molecular formula is C26H51O2-. The van der Waals surface area contributed by atoms with E-state index in [4.69, 9.17) is 0 Å². The van der Waals surface area contributed by atoms with Gasteiger partial charge in [-0.3, -0.25) is 0 Å². The molecule has 0 aromatic carbocycles. The van der Waals surface area contributed by atoms with Crippen LogP contribution in [0.1, 0.15) is 155 Å². The van der Waals surface area contributed by atoms with E-state index in [-0.39, 0.29) is 5.92 Å². The smallest absolute Gasteiger partial charge is 0.0445 e. The molecular weight excluding hydrogens is 344 g/mol. The highest BCUT2D eigenvalue weighted by atomic mass is 16.4. The summed E-state index contributed by atoms with van der Waals surface area (Å²) < 4.78 is 0. The van der Waals surface area contributed by atoms with Crippen LogP contribution in [0.5, 0.6) is 0 Å². The summed E-state index contributed by atoms with van der Waals surface area (Å²) in [6, 6.07) is 0. The molecule has 168 valence electrons. The van der Waals surface area contributed by atoms with E-state index < -0.39 is 5.97 Å². The fraction of sp³-hybridized carbons (Fsp3) is 0.962. The van der Waals surface area contributed by atoms with E-state index in [1.165, 1.54) is 116 Å². The van der Waals surface area contributed by atoms with E-state index in [2.05, 4.69) is 13.8 Å². The monoisotopic (exact) mass is 395 g/mol. The second kappa shape index (κ2) is 22.8. The highest BCUT2D eigenvalue weighted by molar-refractivity contribution is 5.67. The summed E-state index contributed by atoms with van der Waals surface area (Å²) in [5.74, 6) is -1.02. The molecule has 0 saturated carbocycles. The average Bonchev–Trinajstić information content (AvgIpc) is 2.68. The van der Waals surface area contributed by atoms with E-state index in [0.717, 1.165) is 25.7 Å². The van der Waals surface area contributed by atoms with Gasteiger partial charge in [0.25, 0.3) is 0 Å². The van der Waals surface area contributed by atoms with Crippen molar-refractivity contribution < 1.29 is 9.90 Å². The molecule has 2 heteroatoms. The van der Waals surface area contributed by atoms with Crippen molar-refractivity contribution in [3.05, 3.63) is 0 Å². The van der Waals surface area contributed by atoms with Crippen LogP contribution in [0.2, 0.25) is 0 Å². The molecule has 0 atom stereocenters. The van der Waals surface area contributed by atoms with E-state index in [0.29, 0.717) is 0 Å². The molecule has 0 amide bonds. The zero-order valence-corrected chi connectivity index (χ0v) is 19.5. The summed E-state index contributed by atoms with van der Waals surface area (Å²) in [4.78, 5) is 11.4. The number of carbonyl (C=O) groups is 1. The molecule has 0 rings (SSSR count). The van der Waals surface area contributed by atoms with Gasteiger partial charge in [-0.1, -0.05) is 142 Å². The largest absolute Gasteiger partial charge is 0.550 e. The van der Waals surface area contributed by atoms with Gasteiger partial charge in [0.05, 0.1) is 0 Å². The molecule has 0 aliphatic heterocycles. The first-order valence-electron chi connectivity index (χ1n) is 12.9. The molecule has 2 nitrogen and oxygen atoms in total. The summed E-state index contributed by atoms with van der Waals surface area (Å²) in [5, 5.41) is 11.4. The summed E-state index contributed by atoms with van der Waals surface area (Å²) in [6.45, 7) is 4.52. The number of hydrogen-bond donors (Lipinski definition) is 0. The van der Waals surface area contributed by atoms with Gasteiger partial charge in [-0.25, -0.2) is 0 Å². The average molecular weight is 396 g/mol. The Balaban J connectivity index is 3.45. The lowest BCUT2D eigenvalue weighted by atomic mass is 9.94. The molecule has 0 radical (unpaired) electrons. The second-order valence-electron chi connectivity index (χ2n) is 8.96. The third-order valence-electron chi connectivity index (χ3n) is 6.15. The van der Waals surface area contributed by atoms with E-state index in [9.17, 15) is 9.90 Å². The third-order valence-corrected chi connectivity index (χ3v) is 6.15. The molecule has 0 aliphatic rings. The Bertz CT molecular complexity index is 290. The zero-order chi connectivity index (χ0) is 20.7. The van der Waals surface area contributed by atoms with E-state index in [1.807, 2.05) is 0 Å². The van der Waals surface area contributed by atoms with Gasteiger partial charge >= 0.3 is 0 Å². The van der Waals surface area contributed by atoms with Gasteiger partial charge in [0, 0.05) is 5.97 Å². The minimum atomic E-state index is -0.813. The Labute approximate surface area is 177 Å². The van der Waals surface area contributed by atoms with Crippen LogP contribution in [-0.4, -0.2) is 5.97 Å². The number of rotatable bonds is 23. The third kappa shape index (κ3) is 20.2. The van der Waals surface area contributed by atoms with Gasteiger partial charge in [0.2, 0.25) is 0 Å². The maximum Gasteiger partial charge on any atom is 0.0445 e. The molecule has 0 spiro atoms. The topological polar surface area (TPSA) is 40.1 Å². The van der Waals surface area contributed by atoms with Gasteiger partial charge in [0.1, 0.15) is 0 Å². The van der Waals surface area contributed by atoms with Crippen LogP contribution in [0.4, 0.5) is 0 Å². The van der Waals surface area contributed by atoms with Crippen molar-refractivity contribution in [1.29, 1.82) is 0 Å². The SMILES string of the molecule is CCCCCCCCCCCCC(CCCCCCCCCCCC)C(=O)[O-]. The van der Waals surface area contributed by atoms with Gasteiger partial charge in [-0.2, -0.15) is 0 Å². The molecule has 0 aliphatic carbocycles. The number of unbranched alkanes of at least 4 members (excludes halogenated alkanes) is 18. The highest BCUT2D eigenvalue weighted by Crippen LogP contribution is 2.19.